The molecule has 0 aliphatic rings. The number of imidazole rings is 1. The van der Waals surface area contributed by atoms with Gasteiger partial charge >= 0.3 is 0 Å². The average Bonchev–Trinajstić information content (AvgIpc) is 3.28. The van der Waals surface area contributed by atoms with E-state index in [-0.39, 0.29) is 5.56 Å². The first-order chi connectivity index (χ1) is 12.3. The lowest BCUT2D eigenvalue weighted by molar-refractivity contribution is 1.10. The standard InChI is InChI=1S/C20H13N3OS/c24-19-15-11-17(14-9-5-2-6-10-14)25-18(15)22-20-21-12-16(23(19)20)13-7-3-1-4-8-13/h1-12H,(H,21,22). The highest BCUT2D eigenvalue weighted by molar-refractivity contribution is 7.21. The number of benzene rings is 2. The van der Waals surface area contributed by atoms with E-state index in [0.717, 1.165) is 26.5 Å². The van der Waals surface area contributed by atoms with Crippen molar-refractivity contribution in [1.82, 2.24) is 14.4 Å². The van der Waals surface area contributed by atoms with E-state index in [0.29, 0.717) is 11.2 Å². The molecule has 5 aromatic rings. The van der Waals surface area contributed by atoms with E-state index in [2.05, 4.69) is 22.1 Å². The lowest BCUT2D eigenvalue weighted by Gasteiger charge is -2.01. The van der Waals surface area contributed by atoms with Crippen LogP contribution in [0.3, 0.4) is 0 Å². The van der Waals surface area contributed by atoms with Gasteiger partial charge in [-0.25, -0.2) is 9.38 Å². The van der Waals surface area contributed by atoms with Crippen LogP contribution in [-0.4, -0.2) is 14.4 Å². The number of nitrogens with zero attached hydrogens (tertiary/aromatic N) is 2. The van der Waals surface area contributed by atoms with Gasteiger partial charge in [-0.05, 0) is 11.6 Å². The number of thiophene rings is 1. The number of rotatable bonds is 2. The molecule has 5 rings (SSSR count). The Morgan fingerprint density at radius 2 is 1.60 bits per heavy atom. The second-order valence-electron chi connectivity index (χ2n) is 5.82. The molecule has 0 bridgehead atoms. The van der Waals surface area contributed by atoms with E-state index in [9.17, 15) is 4.79 Å². The summed E-state index contributed by atoms with van der Waals surface area (Å²) in [5.41, 5.74) is 2.83. The third-order valence-corrected chi connectivity index (χ3v) is 5.38. The summed E-state index contributed by atoms with van der Waals surface area (Å²) in [4.78, 5) is 22.7. The molecule has 0 spiro atoms. The van der Waals surface area contributed by atoms with Crippen LogP contribution in [0.5, 0.6) is 0 Å². The summed E-state index contributed by atoms with van der Waals surface area (Å²) in [6, 6.07) is 21.9. The molecule has 0 aliphatic carbocycles. The molecule has 0 fully saturated rings. The molecule has 3 aromatic heterocycles. The maximum atomic E-state index is 13.1. The lowest BCUT2D eigenvalue weighted by atomic mass is 10.1. The largest absolute Gasteiger partial charge is 0.316 e. The highest BCUT2D eigenvalue weighted by atomic mass is 32.1. The summed E-state index contributed by atoms with van der Waals surface area (Å²) in [6.07, 6.45) is 1.74. The Bertz CT molecular complexity index is 1250. The van der Waals surface area contributed by atoms with Gasteiger partial charge in [-0.3, -0.25) is 4.79 Å². The Morgan fingerprint density at radius 1 is 0.920 bits per heavy atom. The maximum absolute atomic E-state index is 13.1. The number of aromatic amines is 1. The fraction of sp³-hybridized carbons (Fsp3) is 0. The molecule has 25 heavy (non-hydrogen) atoms. The molecule has 5 heteroatoms. The zero-order valence-corrected chi connectivity index (χ0v) is 14.0. The Hall–Kier alpha value is -3.18. The minimum atomic E-state index is -0.0430. The molecule has 0 radical (unpaired) electrons. The molecule has 0 unspecified atom stereocenters. The molecule has 120 valence electrons. The van der Waals surface area contributed by atoms with E-state index < -0.39 is 0 Å². The third-order valence-electron chi connectivity index (χ3n) is 4.28. The van der Waals surface area contributed by atoms with Gasteiger partial charge in [-0.2, -0.15) is 0 Å². The number of H-pyrrole nitrogens is 1. The predicted octanol–water partition coefficient (Wildman–Crippen LogP) is 4.57. The minimum absolute atomic E-state index is 0.0430. The van der Waals surface area contributed by atoms with Crippen LogP contribution in [0.25, 0.3) is 37.7 Å². The highest BCUT2D eigenvalue weighted by Gasteiger charge is 2.14. The zero-order valence-electron chi connectivity index (χ0n) is 13.1. The van der Waals surface area contributed by atoms with Crippen LogP contribution in [-0.2, 0) is 0 Å². The normalized spacial score (nSPS) is 11.4. The quantitative estimate of drug-likeness (QED) is 0.510. The zero-order chi connectivity index (χ0) is 16.8. The molecule has 1 N–H and O–H groups in total. The summed E-state index contributed by atoms with van der Waals surface area (Å²) in [7, 11) is 0. The first kappa shape index (κ1) is 14.2. The van der Waals surface area contributed by atoms with Crippen molar-refractivity contribution >= 4 is 27.3 Å². The van der Waals surface area contributed by atoms with Gasteiger partial charge in [0.2, 0.25) is 5.78 Å². The number of hydrogen-bond acceptors (Lipinski definition) is 3. The lowest BCUT2D eigenvalue weighted by Crippen LogP contribution is -2.14. The molecule has 0 amide bonds. The fourth-order valence-corrected chi connectivity index (χ4v) is 4.12. The molecule has 4 nitrogen and oxygen atoms in total. The number of hydrogen-bond donors (Lipinski definition) is 1. The van der Waals surface area contributed by atoms with Crippen molar-refractivity contribution in [2.24, 2.45) is 0 Å². The molecule has 0 atom stereocenters. The minimum Gasteiger partial charge on any atom is -0.316 e. The van der Waals surface area contributed by atoms with Crippen LogP contribution in [0.1, 0.15) is 0 Å². The molecular weight excluding hydrogens is 330 g/mol. The van der Waals surface area contributed by atoms with Crippen LogP contribution < -0.4 is 5.56 Å². The van der Waals surface area contributed by atoms with Crippen molar-refractivity contribution in [2.75, 3.05) is 0 Å². The molecule has 0 saturated carbocycles. The second kappa shape index (κ2) is 5.43. The Kier molecular flexibility index (Phi) is 3.08. The van der Waals surface area contributed by atoms with E-state index in [1.165, 1.54) is 0 Å². The number of aromatic nitrogens is 3. The van der Waals surface area contributed by atoms with Crippen LogP contribution in [0.4, 0.5) is 0 Å². The van der Waals surface area contributed by atoms with Crippen LogP contribution >= 0.6 is 11.3 Å². The Labute approximate surface area is 147 Å². The van der Waals surface area contributed by atoms with Gasteiger partial charge in [0.05, 0.1) is 17.3 Å². The van der Waals surface area contributed by atoms with E-state index in [4.69, 9.17) is 0 Å². The number of nitrogens with one attached hydrogen (secondary N) is 1. The highest BCUT2D eigenvalue weighted by Crippen LogP contribution is 2.31. The first-order valence-corrected chi connectivity index (χ1v) is 8.77. The van der Waals surface area contributed by atoms with Crippen molar-refractivity contribution in [3.63, 3.8) is 0 Å². The van der Waals surface area contributed by atoms with Crippen molar-refractivity contribution < 1.29 is 0 Å². The van der Waals surface area contributed by atoms with E-state index in [1.807, 2.05) is 54.6 Å². The maximum Gasteiger partial charge on any atom is 0.268 e. The van der Waals surface area contributed by atoms with E-state index in [1.54, 1.807) is 21.9 Å². The molecule has 0 aliphatic heterocycles. The van der Waals surface area contributed by atoms with Gasteiger partial charge in [0.15, 0.2) is 0 Å². The summed E-state index contributed by atoms with van der Waals surface area (Å²) in [5.74, 6) is 0.567. The smallest absolute Gasteiger partial charge is 0.268 e. The SMILES string of the molecule is O=c1c2cc(-c3ccccc3)sc2[nH]c2ncc(-c3ccccc3)n12. The average molecular weight is 343 g/mol. The van der Waals surface area contributed by atoms with Crippen molar-refractivity contribution in [3.8, 4) is 21.7 Å². The molecular formula is C20H13N3OS. The summed E-state index contributed by atoms with van der Waals surface area (Å²) >= 11 is 1.58. The summed E-state index contributed by atoms with van der Waals surface area (Å²) in [6.45, 7) is 0. The fourth-order valence-electron chi connectivity index (χ4n) is 3.07. The van der Waals surface area contributed by atoms with Crippen LogP contribution in [0, 0.1) is 0 Å². The summed E-state index contributed by atoms with van der Waals surface area (Å²) < 4.78 is 1.65. The van der Waals surface area contributed by atoms with Crippen LogP contribution in [0.15, 0.2) is 77.7 Å². The predicted molar refractivity (Wildman–Crippen MR) is 102 cm³/mol. The van der Waals surface area contributed by atoms with E-state index >= 15 is 0 Å². The molecule has 2 aromatic carbocycles. The topological polar surface area (TPSA) is 50.2 Å². The van der Waals surface area contributed by atoms with Crippen molar-refractivity contribution in [2.45, 2.75) is 0 Å². The molecule has 0 saturated heterocycles. The van der Waals surface area contributed by atoms with Crippen molar-refractivity contribution in [1.29, 1.82) is 0 Å². The summed E-state index contributed by atoms with van der Waals surface area (Å²) in [5, 5.41) is 0.687. The Balaban J connectivity index is 1.79. The van der Waals surface area contributed by atoms with Gasteiger partial charge in [-0.1, -0.05) is 60.7 Å². The van der Waals surface area contributed by atoms with Gasteiger partial charge in [0.25, 0.3) is 5.56 Å². The van der Waals surface area contributed by atoms with Crippen LogP contribution in [0.2, 0.25) is 0 Å². The number of fused-ring (bicyclic) bond motifs is 2. The van der Waals surface area contributed by atoms with Crippen molar-refractivity contribution in [3.05, 3.63) is 83.3 Å². The first-order valence-electron chi connectivity index (χ1n) is 7.95. The van der Waals surface area contributed by atoms with Gasteiger partial charge in [0.1, 0.15) is 4.83 Å². The monoisotopic (exact) mass is 343 g/mol. The van der Waals surface area contributed by atoms with Gasteiger partial charge < -0.3 is 4.98 Å². The van der Waals surface area contributed by atoms with Gasteiger partial charge in [-0.15, -0.1) is 11.3 Å². The van der Waals surface area contributed by atoms with Gasteiger partial charge in [0, 0.05) is 10.4 Å². The Morgan fingerprint density at radius 3 is 2.32 bits per heavy atom. The second-order valence-corrected chi connectivity index (χ2v) is 6.87. The molecule has 3 heterocycles. The third kappa shape index (κ3) is 2.21.